The fourth-order valence-electron chi connectivity index (χ4n) is 1.81. The molecule has 20 heavy (non-hydrogen) atoms. The number of nitrogens with one attached hydrogen (secondary N) is 1. The Morgan fingerprint density at radius 3 is 1.80 bits per heavy atom. The molecule has 0 aromatic heterocycles. The van der Waals surface area contributed by atoms with Gasteiger partial charge in [-0.1, -0.05) is 24.3 Å². The minimum atomic E-state index is -3.11. The number of benzene rings is 2. The van der Waals surface area contributed by atoms with Gasteiger partial charge in [0.1, 0.15) is 0 Å². The van der Waals surface area contributed by atoms with Gasteiger partial charge in [0.25, 0.3) is 0 Å². The van der Waals surface area contributed by atoms with Crippen LogP contribution in [0.25, 0.3) is 0 Å². The lowest BCUT2D eigenvalue weighted by atomic mass is 10.2. The number of hydrogen-bond donors (Lipinski definition) is 1. The van der Waals surface area contributed by atoms with Crippen molar-refractivity contribution >= 4 is 32.4 Å². The highest BCUT2D eigenvalue weighted by Crippen LogP contribution is 2.11. The van der Waals surface area contributed by atoms with E-state index in [0.29, 0.717) is 4.90 Å². The lowest BCUT2D eigenvalue weighted by Gasteiger charge is -2.06. The maximum Gasteiger partial charge on any atom is 0.175 e. The van der Waals surface area contributed by atoms with E-state index in [1.165, 1.54) is 15.4 Å². The number of sulfone groups is 1. The van der Waals surface area contributed by atoms with Crippen LogP contribution in [0.5, 0.6) is 0 Å². The molecule has 0 aliphatic heterocycles. The number of hydrogen-bond acceptors (Lipinski definition) is 3. The Labute approximate surface area is 133 Å². The maximum absolute atomic E-state index is 11.4. The van der Waals surface area contributed by atoms with Crippen molar-refractivity contribution in [3.8, 4) is 0 Å². The Balaban J connectivity index is 1.90. The molecule has 0 saturated heterocycles. The predicted molar refractivity (Wildman–Crippen MR) is 89.3 cm³/mol. The molecule has 0 radical (unpaired) electrons. The summed E-state index contributed by atoms with van der Waals surface area (Å²) in [6.07, 6.45) is 1.22. The van der Waals surface area contributed by atoms with E-state index in [-0.39, 0.29) is 0 Å². The van der Waals surface area contributed by atoms with Crippen LogP contribution in [0.15, 0.2) is 53.4 Å². The van der Waals surface area contributed by atoms with Crippen LogP contribution in [0.3, 0.4) is 0 Å². The van der Waals surface area contributed by atoms with Crippen molar-refractivity contribution in [2.75, 3.05) is 6.26 Å². The van der Waals surface area contributed by atoms with E-state index in [9.17, 15) is 8.42 Å². The van der Waals surface area contributed by atoms with E-state index in [4.69, 9.17) is 0 Å². The Morgan fingerprint density at radius 2 is 1.35 bits per heavy atom. The third kappa shape index (κ3) is 4.57. The lowest BCUT2D eigenvalue weighted by Crippen LogP contribution is -2.12. The molecule has 0 bridgehead atoms. The van der Waals surface area contributed by atoms with Crippen molar-refractivity contribution in [3.05, 3.63) is 63.2 Å². The van der Waals surface area contributed by atoms with E-state index in [0.717, 1.165) is 18.7 Å². The Morgan fingerprint density at radius 1 is 0.900 bits per heavy atom. The fourth-order valence-corrected chi connectivity index (χ4v) is 2.80. The van der Waals surface area contributed by atoms with Crippen molar-refractivity contribution in [1.29, 1.82) is 0 Å². The molecule has 0 atom stereocenters. The Bertz CT molecular complexity index is 664. The third-order valence-corrected chi connectivity index (χ3v) is 4.77. The molecular weight excluding hydrogens is 385 g/mol. The Hall–Kier alpha value is -0.920. The fraction of sp³-hybridized carbons (Fsp3) is 0.200. The van der Waals surface area contributed by atoms with Crippen LogP contribution in [-0.4, -0.2) is 14.7 Å². The molecule has 1 N–H and O–H groups in total. The summed E-state index contributed by atoms with van der Waals surface area (Å²) in [6.45, 7) is 1.51. The summed E-state index contributed by atoms with van der Waals surface area (Å²) in [7, 11) is -3.11. The second kappa shape index (κ2) is 6.69. The first-order chi connectivity index (χ1) is 9.45. The van der Waals surface area contributed by atoms with E-state index < -0.39 is 9.84 Å². The molecule has 2 aromatic rings. The quantitative estimate of drug-likeness (QED) is 0.784. The van der Waals surface area contributed by atoms with Gasteiger partial charge in [-0.05, 0) is 58.0 Å². The summed E-state index contributed by atoms with van der Waals surface area (Å²) in [6, 6.07) is 15.4. The van der Waals surface area contributed by atoms with Crippen LogP contribution >= 0.6 is 22.6 Å². The first kappa shape index (κ1) is 15.5. The van der Waals surface area contributed by atoms with Crippen molar-refractivity contribution in [3.63, 3.8) is 0 Å². The summed E-state index contributed by atoms with van der Waals surface area (Å²) in [5.74, 6) is 0. The molecule has 0 aliphatic rings. The molecule has 0 fully saturated rings. The van der Waals surface area contributed by atoms with Gasteiger partial charge in [0.05, 0.1) is 4.90 Å². The molecule has 0 spiro atoms. The smallest absolute Gasteiger partial charge is 0.175 e. The van der Waals surface area contributed by atoms with Crippen molar-refractivity contribution in [2.24, 2.45) is 0 Å². The molecule has 0 amide bonds. The van der Waals surface area contributed by atoms with Crippen LogP contribution in [0.1, 0.15) is 11.1 Å². The summed E-state index contributed by atoms with van der Waals surface area (Å²) < 4.78 is 23.9. The predicted octanol–water partition coefficient (Wildman–Crippen LogP) is 2.98. The molecule has 2 aromatic carbocycles. The van der Waals surface area contributed by atoms with Crippen LogP contribution in [0.4, 0.5) is 0 Å². The summed E-state index contributed by atoms with van der Waals surface area (Å²) >= 11 is 2.28. The van der Waals surface area contributed by atoms with Gasteiger partial charge in [-0.2, -0.15) is 0 Å². The highest BCUT2D eigenvalue weighted by molar-refractivity contribution is 14.1. The average molecular weight is 401 g/mol. The number of rotatable bonds is 5. The van der Waals surface area contributed by atoms with Crippen molar-refractivity contribution < 1.29 is 8.42 Å². The molecule has 2 rings (SSSR count). The molecule has 106 valence electrons. The van der Waals surface area contributed by atoms with Gasteiger partial charge >= 0.3 is 0 Å². The van der Waals surface area contributed by atoms with Gasteiger partial charge in [0.15, 0.2) is 9.84 Å². The third-order valence-electron chi connectivity index (χ3n) is 2.92. The topological polar surface area (TPSA) is 46.2 Å². The van der Waals surface area contributed by atoms with Crippen LogP contribution < -0.4 is 5.32 Å². The zero-order valence-electron chi connectivity index (χ0n) is 11.1. The standard InChI is InChI=1S/C15H16INO2S/c1-20(18,19)15-8-4-13(5-9-15)11-17-10-12-2-6-14(16)7-3-12/h2-9,17H,10-11H2,1H3. The first-order valence-corrected chi connectivity index (χ1v) is 9.16. The van der Waals surface area contributed by atoms with Gasteiger partial charge in [0, 0.05) is 22.9 Å². The van der Waals surface area contributed by atoms with Gasteiger partial charge in [-0.3, -0.25) is 0 Å². The molecule has 5 heteroatoms. The van der Waals surface area contributed by atoms with Crippen LogP contribution in [-0.2, 0) is 22.9 Å². The monoisotopic (exact) mass is 401 g/mol. The highest BCUT2D eigenvalue weighted by Gasteiger charge is 2.05. The van der Waals surface area contributed by atoms with Crippen LogP contribution in [0, 0.1) is 3.57 Å². The van der Waals surface area contributed by atoms with Crippen molar-refractivity contribution in [2.45, 2.75) is 18.0 Å². The second-order valence-electron chi connectivity index (χ2n) is 4.65. The molecule has 3 nitrogen and oxygen atoms in total. The van der Waals surface area contributed by atoms with Gasteiger partial charge in [-0.15, -0.1) is 0 Å². The molecule has 0 unspecified atom stereocenters. The zero-order valence-corrected chi connectivity index (χ0v) is 14.1. The highest BCUT2D eigenvalue weighted by atomic mass is 127. The normalized spacial score (nSPS) is 11.5. The van der Waals surface area contributed by atoms with Crippen molar-refractivity contribution in [1.82, 2.24) is 5.32 Å². The largest absolute Gasteiger partial charge is 0.309 e. The average Bonchev–Trinajstić information content (AvgIpc) is 2.41. The van der Waals surface area contributed by atoms with Crippen LogP contribution in [0.2, 0.25) is 0 Å². The summed E-state index contributed by atoms with van der Waals surface area (Å²) in [5.41, 5.74) is 2.31. The van der Waals surface area contributed by atoms with E-state index >= 15 is 0 Å². The van der Waals surface area contributed by atoms with E-state index in [2.05, 4.69) is 52.2 Å². The summed E-state index contributed by atoms with van der Waals surface area (Å²) in [4.78, 5) is 0.360. The van der Waals surface area contributed by atoms with E-state index in [1.807, 2.05) is 12.1 Å². The second-order valence-corrected chi connectivity index (χ2v) is 7.91. The maximum atomic E-state index is 11.4. The Kier molecular flexibility index (Phi) is 5.17. The number of halogens is 1. The molecule has 0 saturated carbocycles. The van der Waals surface area contributed by atoms with Gasteiger partial charge in [-0.25, -0.2) is 8.42 Å². The summed E-state index contributed by atoms with van der Waals surface area (Å²) in [5, 5.41) is 3.34. The molecule has 0 heterocycles. The van der Waals surface area contributed by atoms with Gasteiger partial charge in [0.2, 0.25) is 0 Å². The minimum Gasteiger partial charge on any atom is -0.309 e. The molecule has 0 aliphatic carbocycles. The minimum absolute atomic E-state index is 0.360. The molecular formula is C15H16INO2S. The zero-order chi connectivity index (χ0) is 14.6. The lowest BCUT2D eigenvalue weighted by molar-refractivity contribution is 0.602. The van der Waals surface area contributed by atoms with Gasteiger partial charge < -0.3 is 5.32 Å². The SMILES string of the molecule is CS(=O)(=O)c1ccc(CNCc2ccc(I)cc2)cc1. The first-order valence-electron chi connectivity index (χ1n) is 6.19. The van der Waals surface area contributed by atoms with E-state index in [1.54, 1.807) is 12.1 Å².